The van der Waals surface area contributed by atoms with E-state index >= 15 is 0 Å². The highest BCUT2D eigenvalue weighted by atomic mass is 19.1. The Morgan fingerprint density at radius 1 is 1.13 bits per heavy atom. The van der Waals surface area contributed by atoms with Gasteiger partial charge < -0.3 is 15.0 Å². The highest BCUT2D eigenvalue weighted by molar-refractivity contribution is 5.97. The van der Waals surface area contributed by atoms with Gasteiger partial charge in [0.25, 0.3) is 11.8 Å². The molecule has 5 nitrogen and oxygen atoms in total. The van der Waals surface area contributed by atoms with Crippen LogP contribution in [0.25, 0.3) is 0 Å². The maximum atomic E-state index is 12.8. The van der Waals surface area contributed by atoms with Gasteiger partial charge in [-0.05, 0) is 42.5 Å². The number of nitrogens with one attached hydrogen (secondary N) is 1. The van der Waals surface area contributed by atoms with Crippen molar-refractivity contribution in [1.29, 1.82) is 0 Å². The Labute approximate surface area is 133 Å². The topological polar surface area (TPSA) is 58.6 Å². The van der Waals surface area contributed by atoms with Crippen molar-refractivity contribution >= 4 is 17.5 Å². The fourth-order valence-corrected chi connectivity index (χ4v) is 1.86. The lowest BCUT2D eigenvalue weighted by molar-refractivity contribution is -0.118. The van der Waals surface area contributed by atoms with Gasteiger partial charge >= 0.3 is 0 Å². The molecule has 23 heavy (non-hydrogen) atoms. The van der Waals surface area contributed by atoms with Crippen LogP contribution in [0.3, 0.4) is 0 Å². The standard InChI is InChI=1S/C17H17FN2O3/c1-20(2)17(22)12-4-3-5-14(10-12)19-16(21)11-23-15-8-6-13(18)7-9-15/h3-10H,11H2,1-2H3,(H,19,21). The Morgan fingerprint density at radius 2 is 1.83 bits per heavy atom. The Morgan fingerprint density at radius 3 is 2.48 bits per heavy atom. The molecule has 0 heterocycles. The molecule has 0 radical (unpaired) electrons. The lowest BCUT2D eigenvalue weighted by Gasteiger charge is -2.12. The van der Waals surface area contributed by atoms with Crippen LogP contribution in [0.15, 0.2) is 48.5 Å². The van der Waals surface area contributed by atoms with Gasteiger partial charge in [-0.25, -0.2) is 4.39 Å². The van der Waals surface area contributed by atoms with Crippen molar-refractivity contribution in [2.45, 2.75) is 0 Å². The molecule has 0 bridgehead atoms. The fraction of sp³-hybridized carbons (Fsp3) is 0.176. The van der Waals surface area contributed by atoms with E-state index in [1.165, 1.54) is 29.2 Å². The zero-order valence-electron chi connectivity index (χ0n) is 12.9. The number of halogens is 1. The summed E-state index contributed by atoms with van der Waals surface area (Å²) in [6.45, 7) is -0.211. The second-order valence-electron chi connectivity index (χ2n) is 5.07. The van der Waals surface area contributed by atoms with Crippen LogP contribution in [0.5, 0.6) is 5.75 Å². The van der Waals surface area contributed by atoms with Crippen LogP contribution in [0.1, 0.15) is 10.4 Å². The minimum Gasteiger partial charge on any atom is -0.484 e. The number of hydrogen-bond acceptors (Lipinski definition) is 3. The second kappa shape index (κ2) is 7.40. The van der Waals surface area contributed by atoms with Crippen molar-refractivity contribution in [2.75, 3.05) is 26.0 Å². The number of anilines is 1. The Hall–Kier alpha value is -2.89. The van der Waals surface area contributed by atoms with E-state index in [4.69, 9.17) is 4.74 Å². The molecule has 0 aliphatic rings. The van der Waals surface area contributed by atoms with Gasteiger partial charge in [0, 0.05) is 25.3 Å². The molecule has 0 unspecified atom stereocenters. The van der Waals surface area contributed by atoms with Gasteiger partial charge in [0.15, 0.2) is 6.61 Å². The molecule has 2 aromatic rings. The van der Waals surface area contributed by atoms with Gasteiger partial charge in [-0.2, -0.15) is 0 Å². The van der Waals surface area contributed by atoms with E-state index in [0.29, 0.717) is 17.0 Å². The van der Waals surface area contributed by atoms with E-state index in [0.717, 1.165) is 0 Å². The largest absolute Gasteiger partial charge is 0.484 e. The molecular weight excluding hydrogens is 299 g/mol. The van der Waals surface area contributed by atoms with E-state index in [2.05, 4.69) is 5.32 Å². The highest BCUT2D eigenvalue weighted by Crippen LogP contribution is 2.13. The Kier molecular flexibility index (Phi) is 5.30. The molecule has 0 aliphatic heterocycles. The summed E-state index contributed by atoms with van der Waals surface area (Å²) in [5.74, 6) is -0.491. The molecule has 0 atom stereocenters. The average molecular weight is 316 g/mol. The Balaban J connectivity index is 1.93. The molecule has 0 saturated heterocycles. The summed E-state index contributed by atoms with van der Waals surface area (Å²) in [5, 5.41) is 2.65. The van der Waals surface area contributed by atoms with E-state index in [-0.39, 0.29) is 24.2 Å². The molecule has 120 valence electrons. The first-order valence-corrected chi connectivity index (χ1v) is 6.95. The molecule has 2 rings (SSSR count). The minimum absolute atomic E-state index is 0.149. The number of carbonyl (C=O) groups is 2. The average Bonchev–Trinajstić information content (AvgIpc) is 2.53. The third-order valence-corrected chi connectivity index (χ3v) is 2.98. The van der Waals surface area contributed by atoms with Gasteiger partial charge in [-0.15, -0.1) is 0 Å². The van der Waals surface area contributed by atoms with Gasteiger partial charge in [0.05, 0.1) is 0 Å². The smallest absolute Gasteiger partial charge is 0.262 e. The molecule has 0 aromatic heterocycles. The number of benzene rings is 2. The lowest BCUT2D eigenvalue weighted by atomic mass is 10.2. The number of hydrogen-bond donors (Lipinski definition) is 1. The number of amides is 2. The zero-order chi connectivity index (χ0) is 16.8. The molecule has 2 amide bonds. The van der Waals surface area contributed by atoms with Crippen LogP contribution in [0.2, 0.25) is 0 Å². The minimum atomic E-state index is -0.372. The summed E-state index contributed by atoms with van der Waals surface area (Å²) in [5.41, 5.74) is 0.984. The first-order valence-electron chi connectivity index (χ1n) is 6.95. The quantitative estimate of drug-likeness (QED) is 0.922. The summed E-state index contributed by atoms with van der Waals surface area (Å²) in [4.78, 5) is 25.2. The van der Waals surface area contributed by atoms with Gasteiger partial charge in [-0.1, -0.05) is 6.07 Å². The lowest BCUT2D eigenvalue weighted by Crippen LogP contribution is -2.23. The predicted octanol–water partition coefficient (Wildman–Crippen LogP) is 2.55. The summed E-state index contributed by atoms with van der Waals surface area (Å²) >= 11 is 0. The summed E-state index contributed by atoms with van der Waals surface area (Å²) < 4.78 is 18.0. The van der Waals surface area contributed by atoms with E-state index in [9.17, 15) is 14.0 Å². The molecule has 6 heteroatoms. The molecule has 0 fully saturated rings. The normalized spacial score (nSPS) is 10.0. The van der Waals surface area contributed by atoms with Crippen molar-refractivity contribution in [3.63, 3.8) is 0 Å². The first kappa shape index (κ1) is 16.5. The Bertz CT molecular complexity index is 699. The molecule has 2 aromatic carbocycles. The number of ether oxygens (including phenoxy) is 1. The molecule has 1 N–H and O–H groups in total. The number of carbonyl (C=O) groups excluding carboxylic acids is 2. The van der Waals surface area contributed by atoms with Crippen LogP contribution >= 0.6 is 0 Å². The van der Waals surface area contributed by atoms with Crippen molar-refractivity contribution in [2.24, 2.45) is 0 Å². The van der Waals surface area contributed by atoms with Crippen LogP contribution in [-0.4, -0.2) is 37.4 Å². The molecule has 0 spiro atoms. The SMILES string of the molecule is CN(C)C(=O)c1cccc(NC(=O)COc2ccc(F)cc2)c1. The van der Waals surface area contributed by atoms with Crippen LogP contribution in [0, 0.1) is 5.82 Å². The van der Waals surface area contributed by atoms with E-state index in [1.807, 2.05) is 0 Å². The van der Waals surface area contributed by atoms with Gasteiger partial charge in [-0.3, -0.25) is 9.59 Å². The summed E-state index contributed by atoms with van der Waals surface area (Å²) in [6.07, 6.45) is 0. The van der Waals surface area contributed by atoms with E-state index in [1.54, 1.807) is 38.4 Å². The van der Waals surface area contributed by atoms with Crippen molar-refractivity contribution in [3.8, 4) is 5.75 Å². The molecule has 0 saturated carbocycles. The fourth-order valence-electron chi connectivity index (χ4n) is 1.86. The highest BCUT2D eigenvalue weighted by Gasteiger charge is 2.10. The summed E-state index contributed by atoms with van der Waals surface area (Å²) in [6, 6.07) is 12.0. The van der Waals surface area contributed by atoms with Crippen LogP contribution < -0.4 is 10.1 Å². The van der Waals surface area contributed by atoms with Crippen molar-refractivity contribution in [3.05, 3.63) is 59.9 Å². The first-order chi connectivity index (χ1) is 11.0. The van der Waals surface area contributed by atoms with Crippen molar-refractivity contribution in [1.82, 2.24) is 4.90 Å². The predicted molar refractivity (Wildman–Crippen MR) is 85.0 cm³/mol. The van der Waals surface area contributed by atoms with Gasteiger partial charge in [0.2, 0.25) is 0 Å². The number of nitrogens with zero attached hydrogens (tertiary/aromatic N) is 1. The number of rotatable bonds is 5. The zero-order valence-corrected chi connectivity index (χ0v) is 12.9. The van der Waals surface area contributed by atoms with Crippen LogP contribution in [-0.2, 0) is 4.79 Å². The van der Waals surface area contributed by atoms with Crippen molar-refractivity contribution < 1.29 is 18.7 Å². The summed E-state index contributed by atoms with van der Waals surface area (Å²) in [7, 11) is 3.31. The molecule has 0 aliphatic carbocycles. The van der Waals surface area contributed by atoms with Gasteiger partial charge in [0.1, 0.15) is 11.6 Å². The maximum absolute atomic E-state index is 12.8. The third-order valence-electron chi connectivity index (χ3n) is 2.98. The van der Waals surface area contributed by atoms with Crippen LogP contribution in [0.4, 0.5) is 10.1 Å². The maximum Gasteiger partial charge on any atom is 0.262 e. The second-order valence-corrected chi connectivity index (χ2v) is 5.07. The van der Waals surface area contributed by atoms with E-state index < -0.39 is 0 Å². The third kappa shape index (κ3) is 4.81. The monoisotopic (exact) mass is 316 g/mol. The molecular formula is C17H17FN2O3.